The van der Waals surface area contributed by atoms with Crippen LogP contribution in [0.4, 0.5) is 5.82 Å². The number of hydrogen-bond donors (Lipinski definition) is 1. The molecular weight excluding hydrogens is 272 g/mol. The van der Waals surface area contributed by atoms with E-state index in [9.17, 15) is 0 Å². The van der Waals surface area contributed by atoms with Crippen molar-refractivity contribution in [3.63, 3.8) is 0 Å². The summed E-state index contributed by atoms with van der Waals surface area (Å²) in [7, 11) is 1.93. The average Bonchev–Trinajstić information content (AvgIpc) is 2.40. The monoisotopic (exact) mass is 296 g/mol. The van der Waals surface area contributed by atoms with Crippen LogP contribution in [0.2, 0.25) is 5.02 Å². The molecule has 1 aromatic heterocycles. The van der Waals surface area contributed by atoms with Crippen LogP contribution in [0.3, 0.4) is 0 Å². The molecule has 2 rings (SSSR count). The van der Waals surface area contributed by atoms with E-state index in [0.29, 0.717) is 0 Å². The first-order valence-electron chi connectivity index (χ1n) is 7.36. The fourth-order valence-corrected chi connectivity index (χ4v) is 2.97. The van der Waals surface area contributed by atoms with E-state index in [2.05, 4.69) is 33.9 Å². The molecule has 1 aromatic rings. The first-order valence-corrected chi connectivity index (χ1v) is 7.74. The SMILES string of the molecule is CNCc1cnc(N2CCN(CC(C)C)CC2)c(Cl)c1. The number of halogens is 1. The molecule has 20 heavy (non-hydrogen) atoms. The lowest BCUT2D eigenvalue weighted by molar-refractivity contribution is 0.231. The zero-order valence-electron chi connectivity index (χ0n) is 12.7. The summed E-state index contributed by atoms with van der Waals surface area (Å²) in [5.74, 6) is 1.65. The van der Waals surface area contributed by atoms with Gasteiger partial charge in [0.1, 0.15) is 5.82 Å². The Balaban J connectivity index is 1.96. The number of pyridine rings is 1. The van der Waals surface area contributed by atoms with E-state index in [4.69, 9.17) is 11.6 Å². The molecule has 0 aromatic carbocycles. The van der Waals surface area contributed by atoms with Crippen LogP contribution in [-0.4, -0.2) is 49.7 Å². The summed E-state index contributed by atoms with van der Waals surface area (Å²) in [6.07, 6.45) is 1.91. The Labute approximate surface area is 127 Å². The zero-order chi connectivity index (χ0) is 14.5. The van der Waals surface area contributed by atoms with Gasteiger partial charge in [0.25, 0.3) is 0 Å². The van der Waals surface area contributed by atoms with Gasteiger partial charge in [-0.25, -0.2) is 4.98 Å². The molecule has 0 bridgehead atoms. The van der Waals surface area contributed by atoms with Crippen molar-refractivity contribution in [2.75, 3.05) is 44.7 Å². The van der Waals surface area contributed by atoms with E-state index in [0.717, 1.165) is 55.0 Å². The molecule has 0 unspecified atom stereocenters. The highest BCUT2D eigenvalue weighted by atomic mass is 35.5. The molecule has 1 fully saturated rings. The number of hydrogen-bond acceptors (Lipinski definition) is 4. The van der Waals surface area contributed by atoms with E-state index in [1.807, 2.05) is 19.3 Å². The number of anilines is 1. The van der Waals surface area contributed by atoms with E-state index in [1.165, 1.54) is 6.54 Å². The lowest BCUT2D eigenvalue weighted by Crippen LogP contribution is -2.47. The number of nitrogens with one attached hydrogen (secondary N) is 1. The minimum Gasteiger partial charge on any atom is -0.353 e. The summed E-state index contributed by atoms with van der Waals surface area (Å²) in [6.45, 7) is 10.7. The average molecular weight is 297 g/mol. The molecule has 0 atom stereocenters. The number of aromatic nitrogens is 1. The quantitative estimate of drug-likeness (QED) is 0.903. The molecule has 4 nitrogen and oxygen atoms in total. The van der Waals surface area contributed by atoms with E-state index < -0.39 is 0 Å². The van der Waals surface area contributed by atoms with Crippen LogP contribution in [0, 0.1) is 5.92 Å². The van der Waals surface area contributed by atoms with Crippen LogP contribution in [0.1, 0.15) is 19.4 Å². The number of nitrogens with zero attached hydrogens (tertiary/aromatic N) is 3. The molecule has 0 aliphatic carbocycles. The summed E-state index contributed by atoms with van der Waals surface area (Å²) >= 11 is 6.37. The van der Waals surface area contributed by atoms with Crippen molar-refractivity contribution in [1.82, 2.24) is 15.2 Å². The maximum atomic E-state index is 6.37. The van der Waals surface area contributed by atoms with Crippen molar-refractivity contribution >= 4 is 17.4 Å². The van der Waals surface area contributed by atoms with Gasteiger partial charge in [-0.3, -0.25) is 4.90 Å². The first-order chi connectivity index (χ1) is 9.60. The van der Waals surface area contributed by atoms with Crippen LogP contribution in [-0.2, 0) is 6.54 Å². The molecule has 0 saturated carbocycles. The van der Waals surface area contributed by atoms with Gasteiger partial charge < -0.3 is 10.2 Å². The standard InChI is InChI=1S/C15H25ClN4/c1-12(2)11-19-4-6-20(7-5-19)15-14(16)8-13(9-17-3)10-18-15/h8,10,12,17H,4-7,9,11H2,1-3H3. The summed E-state index contributed by atoms with van der Waals surface area (Å²) in [4.78, 5) is 9.35. The van der Waals surface area contributed by atoms with Gasteiger partial charge in [-0.05, 0) is 24.6 Å². The normalized spacial score (nSPS) is 16.9. The highest BCUT2D eigenvalue weighted by molar-refractivity contribution is 6.33. The molecule has 1 N–H and O–H groups in total. The predicted molar refractivity (Wildman–Crippen MR) is 85.5 cm³/mol. The second kappa shape index (κ2) is 7.25. The molecule has 5 heteroatoms. The lowest BCUT2D eigenvalue weighted by Gasteiger charge is -2.36. The van der Waals surface area contributed by atoms with Gasteiger partial charge in [0.15, 0.2) is 0 Å². The van der Waals surface area contributed by atoms with Gasteiger partial charge in [-0.1, -0.05) is 25.4 Å². The lowest BCUT2D eigenvalue weighted by atomic mass is 10.2. The smallest absolute Gasteiger partial charge is 0.147 e. The van der Waals surface area contributed by atoms with Crippen LogP contribution in [0.5, 0.6) is 0 Å². The molecular formula is C15H25ClN4. The Morgan fingerprint density at radius 2 is 2.00 bits per heavy atom. The Morgan fingerprint density at radius 3 is 2.55 bits per heavy atom. The molecule has 112 valence electrons. The molecule has 0 spiro atoms. The minimum absolute atomic E-state index is 0.726. The molecule has 1 saturated heterocycles. The molecule has 0 amide bonds. The first kappa shape index (κ1) is 15.5. The Bertz CT molecular complexity index is 428. The van der Waals surface area contributed by atoms with Gasteiger partial charge in [0, 0.05) is 45.5 Å². The maximum Gasteiger partial charge on any atom is 0.147 e. The van der Waals surface area contributed by atoms with Crippen molar-refractivity contribution in [3.8, 4) is 0 Å². The summed E-state index contributed by atoms with van der Waals surface area (Å²) in [5.41, 5.74) is 1.12. The summed E-state index contributed by atoms with van der Waals surface area (Å²) in [5, 5.41) is 3.87. The van der Waals surface area contributed by atoms with Gasteiger partial charge >= 0.3 is 0 Å². The van der Waals surface area contributed by atoms with Crippen molar-refractivity contribution in [2.45, 2.75) is 20.4 Å². The molecule has 1 aliphatic rings. The van der Waals surface area contributed by atoms with Crippen LogP contribution < -0.4 is 10.2 Å². The Morgan fingerprint density at radius 1 is 1.30 bits per heavy atom. The summed E-state index contributed by atoms with van der Waals surface area (Å²) < 4.78 is 0. The molecule has 2 heterocycles. The van der Waals surface area contributed by atoms with E-state index in [1.54, 1.807) is 0 Å². The second-order valence-electron chi connectivity index (χ2n) is 5.86. The topological polar surface area (TPSA) is 31.4 Å². The van der Waals surface area contributed by atoms with Crippen molar-refractivity contribution < 1.29 is 0 Å². The van der Waals surface area contributed by atoms with E-state index >= 15 is 0 Å². The maximum absolute atomic E-state index is 6.37. The highest BCUT2D eigenvalue weighted by Crippen LogP contribution is 2.25. The third kappa shape index (κ3) is 4.08. The van der Waals surface area contributed by atoms with Gasteiger partial charge in [-0.2, -0.15) is 0 Å². The zero-order valence-corrected chi connectivity index (χ0v) is 13.5. The van der Waals surface area contributed by atoms with Crippen molar-refractivity contribution in [1.29, 1.82) is 0 Å². The van der Waals surface area contributed by atoms with Gasteiger partial charge in [-0.15, -0.1) is 0 Å². The fraction of sp³-hybridized carbons (Fsp3) is 0.667. The van der Waals surface area contributed by atoms with Crippen LogP contribution in [0.25, 0.3) is 0 Å². The largest absolute Gasteiger partial charge is 0.353 e. The van der Waals surface area contributed by atoms with Crippen LogP contribution in [0.15, 0.2) is 12.3 Å². The van der Waals surface area contributed by atoms with Gasteiger partial charge in [0.2, 0.25) is 0 Å². The minimum atomic E-state index is 0.726. The third-order valence-electron chi connectivity index (χ3n) is 3.55. The predicted octanol–water partition coefficient (Wildman–Crippen LogP) is 2.23. The van der Waals surface area contributed by atoms with Gasteiger partial charge in [0.05, 0.1) is 5.02 Å². The summed E-state index contributed by atoms with van der Waals surface area (Å²) in [6, 6.07) is 2.01. The Kier molecular flexibility index (Phi) is 5.64. The van der Waals surface area contributed by atoms with Crippen molar-refractivity contribution in [3.05, 3.63) is 22.8 Å². The molecule has 0 radical (unpaired) electrons. The third-order valence-corrected chi connectivity index (χ3v) is 3.83. The number of piperazine rings is 1. The van der Waals surface area contributed by atoms with E-state index in [-0.39, 0.29) is 0 Å². The Hall–Kier alpha value is -0.840. The fourth-order valence-electron chi connectivity index (χ4n) is 2.66. The van der Waals surface area contributed by atoms with Crippen LogP contribution >= 0.6 is 11.6 Å². The molecule has 1 aliphatic heterocycles. The second-order valence-corrected chi connectivity index (χ2v) is 6.27. The van der Waals surface area contributed by atoms with Crippen molar-refractivity contribution in [2.24, 2.45) is 5.92 Å². The highest BCUT2D eigenvalue weighted by Gasteiger charge is 2.20. The number of rotatable bonds is 5.